The monoisotopic (exact) mass is 465 g/mol. The number of carbonyl (C=O) groups is 2. The van der Waals surface area contributed by atoms with E-state index in [1.807, 2.05) is 30.3 Å². The Hall–Kier alpha value is -3.15. The summed E-state index contributed by atoms with van der Waals surface area (Å²) < 4.78 is 32.5. The van der Waals surface area contributed by atoms with Crippen LogP contribution in [-0.4, -0.2) is 54.7 Å². The quantitative estimate of drug-likeness (QED) is 0.214. The largest absolute Gasteiger partial charge is 0.489 e. The Morgan fingerprint density at radius 3 is 2.31 bits per heavy atom. The van der Waals surface area contributed by atoms with Gasteiger partial charge in [0.1, 0.15) is 18.4 Å². The molecule has 2 aromatic carbocycles. The van der Waals surface area contributed by atoms with Crippen molar-refractivity contribution >= 4 is 22.0 Å². The van der Waals surface area contributed by atoms with Crippen LogP contribution >= 0.6 is 0 Å². The lowest BCUT2D eigenvalue weighted by Gasteiger charge is -2.26. The third-order valence-electron chi connectivity index (χ3n) is 4.78. The van der Waals surface area contributed by atoms with E-state index >= 15 is 0 Å². The fourth-order valence-electron chi connectivity index (χ4n) is 2.99. The van der Waals surface area contributed by atoms with Gasteiger partial charge in [-0.1, -0.05) is 30.3 Å². The Bertz CT molecular complexity index is 982. The first kappa shape index (κ1) is 25.1. The SMILES string of the molecule is CN([C@H](CCCCNC(=O)O)C(=O)NO)S(=O)(=O)c1ccc(OCc2ccccc2)cc1. The van der Waals surface area contributed by atoms with Gasteiger partial charge in [-0.25, -0.2) is 18.7 Å². The number of nitrogens with zero attached hydrogens (tertiary/aromatic N) is 1. The van der Waals surface area contributed by atoms with Crippen molar-refractivity contribution < 1.29 is 33.1 Å². The van der Waals surface area contributed by atoms with Crippen LogP contribution < -0.4 is 15.5 Å². The summed E-state index contributed by atoms with van der Waals surface area (Å²) in [6.07, 6.45) is -0.291. The van der Waals surface area contributed by atoms with E-state index in [9.17, 15) is 18.0 Å². The topological polar surface area (TPSA) is 145 Å². The second-order valence-corrected chi connectivity index (χ2v) is 8.98. The number of ether oxygens (including phenoxy) is 1. The Morgan fingerprint density at radius 2 is 1.72 bits per heavy atom. The maximum Gasteiger partial charge on any atom is 0.404 e. The number of rotatable bonds is 12. The van der Waals surface area contributed by atoms with Gasteiger partial charge in [-0.05, 0) is 49.1 Å². The normalized spacial score (nSPS) is 12.2. The van der Waals surface area contributed by atoms with Crippen molar-refractivity contribution in [2.75, 3.05) is 13.6 Å². The van der Waals surface area contributed by atoms with E-state index in [1.165, 1.54) is 36.8 Å². The second kappa shape index (κ2) is 12.0. The van der Waals surface area contributed by atoms with Gasteiger partial charge in [-0.15, -0.1) is 0 Å². The zero-order chi connectivity index (χ0) is 23.6. The molecular formula is C21H27N3O7S. The van der Waals surface area contributed by atoms with Crippen LogP contribution in [0.5, 0.6) is 5.75 Å². The molecule has 1 atom stereocenters. The van der Waals surface area contributed by atoms with Crippen LogP contribution in [0.3, 0.4) is 0 Å². The maximum atomic E-state index is 13.0. The highest BCUT2D eigenvalue weighted by Crippen LogP contribution is 2.22. The van der Waals surface area contributed by atoms with E-state index in [1.54, 1.807) is 0 Å². The molecule has 0 spiro atoms. The van der Waals surface area contributed by atoms with Gasteiger partial charge in [0.15, 0.2) is 0 Å². The second-order valence-electron chi connectivity index (χ2n) is 6.99. The summed E-state index contributed by atoms with van der Waals surface area (Å²) >= 11 is 0. The van der Waals surface area contributed by atoms with E-state index in [0.29, 0.717) is 25.2 Å². The van der Waals surface area contributed by atoms with Gasteiger partial charge in [-0.3, -0.25) is 10.0 Å². The number of hydroxylamine groups is 1. The fraction of sp³-hybridized carbons (Fsp3) is 0.333. The first-order valence-electron chi connectivity index (χ1n) is 9.91. The lowest BCUT2D eigenvalue weighted by Crippen LogP contribution is -2.46. The Morgan fingerprint density at radius 1 is 1.06 bits per heavy atom. The lowest BCUT2D eigenvalue weighted by atomic mass is 10.1. The highest BCUT2D eigenvalue weighted by atomic mass is 32.2. The molecule has 2 rings (SSSR count). The van der Waals surface area contributed by atoms with Crippen LogP contribution in [0.4, 0.5) is 4.79 Å². The minimum Gasteiger partial charge on any atom is -0.489 e. The number of carbonyl (C=O) groups excluding carboxylic acids is 1. The minimum absolute atomic E-state index is 0.0321. The van der Waals surface area contributed by atoms with E-state index in [2.05, 4.69) is 5.32 Å². The molecule has 0 saturated heterocycles. The minimum atomic E-state index is -4.04. The molecule has 0 aliphatic heterocycles. The standard InChI is InChI=1S/C21H27N3O7S/c1-24(19(20(25)23-28)9-5-6-14-22-21(26)27)32(29,30)18-12-10-17(11-13-18)31-15-16-7-3-2-4-8-16/h2-4,7-8,10-13,19,22,28H,5-6,9,14-15H2,1H3,(H,23,25)(H,26,27)/t19-/m1/s1. The summed E-state index contributed by atoms with van der Waals surface area (Å²) in [5, 5.41) is 19.8. The zero-order valence-electron chi connectivity index (χ0n) is 17.6. The summed E-state index contributed by atoms with van der Waals surface area (Å²) in [6, 6.07) is 14.2. The number of sulfonamides is 1. The molecule has 174 valence electrons. The number of hydrogen-bond donors (Lipinski definition) is 4. The molecule has 0 bridgehead atoms. The molecule has 0 fully saturated rings. The van der Waals surface area contributed by atoms with Crippen molar-refractivity contribution in [3.8, 4) is 5.75 Å². The first-order valence-corrected chi connectivity index (χ1v) is 11.3. The molecule has 4 N–H and O–H groups in total. The van der Waals surface area contributed by atoms with E-state index < -0.39 is 28.1 Å². The molecule has 0 unspecified atom stereocenters. The lowest BCUT2D eigenvalue weighted by molar-refractivity contribution is -0.133. The van der Waals surface area contributed by atoms with Crippen LogP contribution in [0, 0.1) is 0 Å². The maximum absolute atomic E-state index is 13.0. The van der Waals surface area contributed by atoms with Gasteiger partial charge in [0.05, 0.1) is 4.90 Å². The van der Waals surface area contributed by atoms with Crippen molar-refractivity contribution in [1.29, 1.82) is 0 Å². The molecule has 0 heterocycles. The van der Waals surface area contributed by atoms with Gasteiger partial charge in [0, 0.05) is 13.6 Å². The number of amides is 2. The Kier molecular flexibility index (Phi) is 9.44. The molecule has 10 nitrogen and oxygen atoms in total. The molecule has 2 amide bonds. The highest BCUT2D eigenvalue weighted by molar-refractivity contribution is 7.89. The van der Waals surface area contributed by atoms with Crippen molar-refractivity contribution in [3.63, 3.8) is 0 Å². The first-order chi connectivity index (χ1) is 15.3. The average molecular weight is 466 g/mol. The molecule has 0 saturated carbocycles. The van der Waals surface area contributed by atoms with Gasteiger partial charge < -0.3 is 15.2 Å². The Balaban J connectivity index is 2.04. The van der Waals surface area contributed by atoms with Gasteiger partial charge >= 0.3 is 6.09 Å². The predicted molar refractivity (Wildman–Crippen MR) is 116 cm³/mol. The highest BCUT2D eigenvalue weighted by Gasteiger charge is 2.32. The Labute approximate surface area is 186 Å². The molecule has 0 aliphatic rings. The van der Waals surface area contributed by atoms with Gasteiger partial charge in [-0.2, -0.15) is 4.31 Å². The molecule has 0 aliphatic carbocycles. The third kappa shape index (κ3) is 7.22. The van der Waals surface area contributed by atoms with Crippen LogP contribution in [0.25, 0.3) is 0 Å². The van der Waals surface area contributed by atoms with E-state index in [0.717, 1.165) is 9.87 Å². The van der Waals surface area contributed by atoms with Crippen LogP contribution in [0.1, 0.15) is 24.8 Å². The molecule has 2 aromatic rings. The summed E-state index contributed by atoms with van der Waals surface area (Å²) in [6.45, 7) is 0.506. The summed E-state index contributed by atoms with van der Waals surface area (Å²) in [5.74, 6) is -0.379. The van der Waals surface area contributed by atoms with Crippen LogP contribution in [0.15, 0.2) is 59.5 Å². The number of carboxylic acid groups (broad SMARTS) is 1. The molecule has 32 heavy (non-hydrogen) atoms. The van der Waals surface area contributed by atoms with Gasteiger partial charge in [0.2, 0.25) is 10.0 Å². The predicted octanol–water partition coefficient (Wildman–Crippen LogP) is 2.20. The average Bonchev–Trinajstić information content (AvgIpc) is 2.80. The molecule has 11 heteroatoms. The van der Waals surface area contributed by atoms with Crippen molar-refractivity contribution in [3.05, 3.63) is 60.2 Å². The number of unbranched alkanes of at least 4 members (excludes halogenated alkanes) is 1. The van der Waals surface area contributed by atoms with E-state index in [4.69, 9.17) is 15.1 Å². The number of likely N-dealkylation sites (N-methyl/N-ethyl adjacent to an activating group) is 1. The molecular weight excluding hydrogens is 438 g/mol. The third-order valence-corrected chi connectivity index (χ3v) is 6.66. The number of nitrogens with one attached hydrogen (secondary N) is 2. The summed E-state index contributed by atoms with van der Waals surface area (Å²) in [4.78, 5) is 22.5. The van der Waals surface area contributed by atoms with Crippen molar-refractivity contribution in [2.45, 2.75) is 36.8 Å². The fourth-order valence-corrected chi connectivity index (χ4v) is 4.34. The van der Waals surface area contributed by atoms with Gasteiger partial charge in [0.25, 0.3) is 5.91 Å². The summed E-state index contributed by atoms with van der Waals surface area (Å²) in [7, 11) is -2.78. The van der Waals surface area contributed by atoms with Crippen LogP contribution in [-0.2, 0) is 21.4 Å². The van der Waals surface area contributed by atoms with Crippen LogP contribution in [0.2, 0.25) is 0 Å². The molecule has 0 aromatic heterocycles. The smallest absolute Gasteiger partial charge is 0.404 e. The van der Waals surface area contributed by atoms with Crippen molar-refractivity contribution in [1.82, 2.24) is 15.1 Å². The number of hydrogen-bond acceptors (Lipinski definition) is 6. The van der Waals surface area contributed by atoms with E-state index in [-0.39, 0.29) is 17.9 Å². The summed E-state index contributed by atoms with van der Waals surface area (Å²) in [5.41, 5.74) is 2.47. The van der Waals surface area contributed by atoms with Crippen molar-refractivity contribution in [2.24, 2.45) is 0 Å². The zero-order valence-corrected chi connectivity index (χ0v) is 18.4. The number of benzene rings is 2. The molecule has 0 radical (unpaired) electrons.